The molecule has 0 saturated carbocycles. The van der Waals surface area contributed by atoms with Crippen molar-refractivity contribution in [2.75, 3.05) is 13.1 Å². The third-order valence-corrected chi connectivity index (χ3v) is 4.03. The SMILES string of the molecule is CCCN(Cc1cccc(Cl)c1)C(=O)NCCc1ncccc1C. The highest BCUT2D eigenvalue weighted by Gasteiger charge is 2.13. The Morgan fingerprint density at radius 2 is 2.12 bits per heavy atom. The molecule has 24 heavy (non-hydrogen) atoms. The number of aryl methyl sites for hydroxylation is 1. The monoisotopic (exact) mass is 345 g/mol. The number of nitrogens with one attached hydrogen (secondary N) is 1. The van der Waals surface area contributed by atoms with Crippen molar-refractivity contribution >= 4 is 17.6 Å². The van der Waals surface area contributed by atoms with Crippen molar-refractivity contribution in [1.29, 1.82) is 0 Å². The van der Waals surface area contributed by atoms with E-state index in [1.54, 1.807) is 6.20 Å². The van der Waals surface area contributed by atoms with Crippen molar-refractivity contribution in [2.24, 2.45) is 0 Å². The van der Waals surface area contributed by atoms with Crippen molar-refractivity contribution in [2.45, 2.75) is 33.2 Å². The Labute approximate surface area is 148 Å². The largest absolute Gasteiger partial charge is 0.338 e. The van der Waals surface area contributed by atoms with E-state index in [1.807, 2.05) is 48.2 Å². The summed E-state index contributed by atoms with van der Waals surface area (Å²) < 4.78 is 0. The third-order valence-electron chi connectivity index (χ3n) is 3.80. The molecule has 4 nitrogen and oxygen atoms in total. The smallest absolute Gasteiger partial charge is 0.317 e. The summed E-state index contributed by atoms with van der Waals surface area (Å²) in [5, 5.41) is 3.68. The lowest BCUT2D eigenvalue weighted by Crippen LogP contribution is -2.40. The van der Waals surface area contributed by atoms with E-state index in [9.17, 15) is 4.79 Å². The number of pyridine rings is 1. The number of hydrogen-bond donors (Lipinski definition) is 1. The molecule has 0 atom stereocenters. The summed E-state index contributed by atoms with van der Waals surface area (Å²) in [6.45, 7) is 5.94. The van der Waals surface area contributed by atoms with E-state index in [-0.39, 0.29) is 6.03 Å². The van der Waals surface area contributed by atoms with Crippen molar-refractivity contribution < 1.29 is 4.79 Å². The van der Waals surface area contributed by atoms with E-state index >= 15 is 0 Å². The van der Waals surface area contributed by atoms with E-state index in [4.69, 9.17) is 11.6 Å². The summed E-state index contributed by atoms with van der Waals surface area (Å²) >= 11 is 6.03. The molecule has 0 unspecified atom stereocenters. The van der Waals surface area contributed by atoms with Gasteiger partial charge in [-0.05, 0) is 42.7 Å². The zero-order valence-corrected chi connectivity index (χ0v) is 15.0. The van der Waals surface area contributed by atoms with Crippen LogP contribution in [0.3, 0.4) is 0 Å². The number of benzene rings is 1. The molecule has 0 aliphatic carbocycles. The van der Waals surface area contributed by atoms with E-state index < -0.39 is 0 Å². The van der Waals surface area contributed by atoms with Crippen LogP contribution in [-0.4, -0.2) is 29.0 Å². The molecule has 0 radical (unpaired) electrons. The minimum absolute atomic E-state index is 0.0505. The summed E-state index contributed by atoms with van der Waals surface area (Å²) in [4.78, 5) is 18.6. The van der Waals surface area contributed by atoms with Crippen molar-refractivity contribution in [3.8, 4) is 0 Å². The molecule has 1 heterocycles. The molecule has 1 N–H and O–H groups in total. The fraction of sp³-hybridized carbons (Fsp3) is 0.368. The number of rotatable bonds is 7. The van der Waals surface area contributed by atoms with Gasteiger partial charge in [-0.3, -0.25) is 4.98 Å². The molecule has 0 aliphatic heterocycles. The van der Waals surface area contributed by atoms with E-state index in [0.717, 1.165) is 29.7 Å². The molecule has 0 bridgehead atoms. The average molecular weight is 346 g/mol. The summed E-state index contributed by atoms with van der Waals surface area (Å²) in [5.74, 6) is 0. The summed E-state index contributed by atoms with van der Waals surface area (Å²) in [7, 11) is 0. The van der Waals surface area contributed by atoms with Gasteiger partial charge in [0, 0.05) is 43.0 Å². The van der Waals surface area contributed by atoms with Crippen LogP contribution in [0.4, 0.5) is 4.79 Å². The first-order chi connectivity index (χ1) is 11.6. The van der Waals surface area contributed by atoms with Crippen LogP contribution in [0, 0.1) is 6.92 Å². The van der Waals surface area contributed by atoms with Gasteiger partial charge in [-0.2, -0.15) is 0 Å². The Morgan fingerprint density at radius 3 is 2.83 bits per heavy atom. The number of halogens is 1. The van der Waals surface area contributed by atoms with E-state index in [0.29, 0.717) is 24.7 Å². The van der Waals surface area contributed by atoms with Gasteiger partial charge in [-0.25, -0.2) is 4.79 Å². The van der Waals surface area contributed by atoms with E-state index in [2.05, 4.69) is 17.2 Å². The molecular weight excluding hydrogens is 322 g/mol. The molecule has 128 valence electrons. The second-order valence-corrected chi connectivity index (χ2v) is 6.24. The van der Waals surface area contributed by atoms with Crippen LogP contribution in [0.1, 0.15) is 30.2 Å². The summed E-state index contributed by atoms with van der Waals surface area (Å²) in [6.07, 6.45) is 3.43. The number of carbonyl (C=O) groups is 1. The number of hydrogen-bond acceptors (Lipinski definition) is 2. The lowest BCUT2D eigenvalue weighted by molar-refractivity contribution is 0.195. The molecule has 2 aromatic rings. The molecule has 0 fully saturated rings. The molecule has 2 amide bonds. The number of urea groups is 1. The van der Waals surface area contributed by atoms with Crippen LogP contribution >= 0.6 is 11.6 Å². The zero-order chi connectivity index (χ0) is 17.4. The van der Waals surface area contributed by atoms with Gasteiger partial charge in [0.05, 0.1) is 0 Å². The summed E-state index contributed by atoms with van der Waals surface area (Å²) in [6, 6.07) is 11.5. The topological polar surface area (TPSA) is 45.2 Å². The summed E-state index contributed by atoms with van der Waals surface area (Å²) in [5.41, 5.74) is 3.21. The Kier molecular flexibility index (Phi) is 7.07. The predicted octanol–water partition coefficient (Wildman–Crippen LogP) is 4.21. The highest BCUT2D eigenvalue weighted by molar-refractivity contribution is 6.30. The normalized spacial score (nSPS) is 10.5. The van der Waals surface area contributed by atoms with Crippen LogP contribution in [0.5, 0.6) is 0 Å². The highest BCUT2D eigenvalue weighted by Crippen LogP contribution is 2.13. The van der Waals surface area contributed by atoms with Crippen LogP contribution in [0.2, 0.25) is 5.02 Å². The fourth-order valence-corrected chi connectivity index (χ4v) is 2.77. The lowest BCUT2D eigenvalue weighted by atomic mass is 10.1. The third kappa shape index (κ3) is 5.53. The Morgan fingerprint density at radius 1 is 1.29 bits per heavy atom. The lowest BCUT2D eigenvalue weighted by Gasteiger charge is -2.23. The van der Waals surface area contributed by atoms with Gasteiger partial charge in [-0.15, -0.1) is 0 Å². The number of carbonyl (C=O) groups excluding carboxylic acids is 1. The molecule has 1 aromatic heterocycles. The molecule has 0 aliphatic rings. The molecule has 5 heteroatoms. The van der Waals surface area contributed by atoms with Gasteiger partial charge in [0.1, 0.15) is 0 Å². The molecule has 2 rings (SSSR count). The Hall–Kier alpha value is -2.07. The molecule has 0 saturated heterocycles. The van der Waals surface area contributed by atoms with Crippen molar-refractivity contribution in [1.82, 2.24) is 15.2 Å². The van der Waals surface area contributed by atoms with Crippen molar-refractivity contribution in [3.63, 3.8) is 0 Å². The maximum absolute atomic E-state index is 12.5. The fourth-order valence-electron chi connectivity index (χ4n) is 2.56. The number of nitrogens with zero attached hydrogens (tertiary/aromatic N) is 2. The first kappa shape index (κ1) is 18.3. The van der Waals surface area contributed by atoms with Gasteiger partial charge in [0.2, 0.25) is 0 Å². The van der Waals surface area contributed by atoms with Crippen LogP contribution in [0.25, 0.3) is 0 Å². The van der Waals surface area contributed by atoms with Crippen LogP contribution in [0.15, 0.2) is 42.6 Å². The number of amides is 2. The molecule has 1 aromatic carbocycles. The first-order valence-electron chi connectivity index (χ1n) is 8.28. The Balaban J connectivity index is 1.90. The van der Waals surface area contributed by atoms with Crippen molar-refractivity contribution in [3.05, 3.63) is 64.4 Å². The van der Waals surface area contributed by atoms with Gasteiger partial charge < -0.3 is 10.2 Å². The first-order valence-corrected chi connectivity index (χ1v) is 8.65. The van der Waals surface area contributed by atoms with Gasteiger partial charge in [0.25, 0.3) is 0 Å². The average Bonchev–Trinajstić information content (AvgIpc) is 2.56. The van der Waals surface area contributed by atoms with Gasteiger partial charge >= 0.3 is 6.03 Å². The van der Waals surface area contributed by atoms with Gasteiger partial charge in [-0.1, -0.05) is 36.7 Å². The maximum atomic E-state index is 12.5. The second-order valence-electron chi connectivity index (χ2n) is 5.80. The maximum Gasteiger partial charge on any atom is 0.317 e. The minimum atomic E-state index is -0.0505. The van der Waals surface area contributed by atoms with Crippen LogP contribution < -0.4 is 5.32 Å². The quantitative estimate of drug-likeness (QED) is 0.817. The van der Waals surface area contributed by atoms with Gasteiger partial charge in [0.15, 0.2) is 0 Å². The molecular formula is C19H24ClN3O. The number of aromatic nitrogens is 1. The standard InChI is InChI=1S/C19H24ClN3O/c1-3-12-23(14-16-7-4-8-17(20)13-16)19(24)22-11-9-18-15(2)6-5-10-21-18/h4-8,10,13H,3,9,11-12,14H2,1-2H3,(H,22,24). The highest BCUT2D eigenvalue weighted by atomic mass is 35.5. The van der Waals surface area contributed by atoms with Crippen LogP contribution in [-0.2, 0) is 13.0 Å². The minimum Gasteiger partial charge on any atom is -0.338 e. The second kappa shape index (κ2) is 9.28. The zero-order valence-electron chi connectivity index (χ0n) is 14.3. The predicted molar refractivity (Wildman–Crippen MR) is 98.2 cm³/mol. The van der Waals surface area contributed by atoms with E-state index in [1.165, 1.54) is 0 Å². The molecule has 0 spiro atoms. The Bertz CT molecular complexity index is 675.